The normalized spacial score (nSPS) is 29.9. The summed E-state index contributed by atoms with van der Waals surface area (Å²) in [5.74, 6) is 0.668. The molecule has 1 aromatic carbocycles. The van der Waals surface area contributed by atoms with Crippen molar-refractivity contribution in [3.63, 3.8) is 0 Å². The molecule has 2 nitrogen and oxygen atoms in total. The number of hydrogen-bond acceptors (Lipinski definition) is 2. The second kappa shape index (κ2) is 6.28. The van der Waals surface area contributed by atoms with Crippen molar-refractivity contribution < 1.29 is 5.11 Å². The third-order valence-electron chi connectivity index (χ3n) is 5.39. The molecular formula is C18H29NO. The van der Waals surface area contributed by atoms with Crippen molar-refractivity contribution in [1.82, 2.24) is 0 Å². The molecule has 2 rings (SSSR count). The Kier molecular flexibility index (Phi) is 4.87. The van der Waals surface area contributed by atoms with Gasteiger partial charge in [-0.2, -0.15) is 0 Å². The summed E-state index contributed by atoms with van der Waals surface area (Å²) >= 11 is 0. The zero-order valence-electron chi connectivity index (χ0n) is 12.9. The van der Waals surface area contributed by atoms with Gasteiger partial charge in [0.25, 0.3) is 0 Å². The van der Waals surface area contributed by atoms with E-state index in [1.54, 1.807) is 0 Å². The third kappa shape index (κ3) is 2.91. The zero-order valence-corrected chi connectivity index (χ0v) is 12.9. The molecule has 0 spiro atoms. The molecule has 0 aromatic heterocycles. The van der Waals surface area contributed by atoms with Gasteiger partial charge >= 0.3 is 0 Å². The molecule has 0 radical (unpaired) electrons. The third-order valence-corrected chi connectivity index (χ3v) is 5.39. The summed E-state index contributed by atoms with van der Waals surface area (Å²) < 4.78 is 0. The van der Waals surface area contributed by atoms with E-state index < -0.39 is 5.60 Å². The summed E-state index contributed by atoms with van der Waals surface area (Å²) in [6, 6.07) is 10.3. The first kappa shape index (κ1) is 15.5. The highest BCUT2D eigenvalue weighted by atomic mass is 16.3. The van der Waals surface area contributed by atoms with Gasteiger partial charge in [0.1, 0.15) is 0 Å². The van der Waals surface area contributed by atoms with E-state index >= 15 is 0 Å². The van der Waals surface area contributed by atoms with Crippen LogP contribution in [0.15, 0.2) is 30.3 Å². The van der Waals surface area contributed by atoms with E-state index in [-0.39, 0.29) is 5.41 Å². The summed E-state index contributed by atoms with van der Waals surface area (Å²) in [5, 5.41) is 11.4. The zero-order chi connectivity index (χ0) is 14.6. The Morgan fingerprint density at radius 3 is 2.60 bits per heavy atom. The van der Waals surface area contributed by atoms with E-state index in [1.165, 1.54) is 18.4 Å². The van der Waals surface area contributed by atoms with E-state index in [9.17, 15) is 5.11 Å². The highest BCUT2D eigenvalue weighted by molar-refractivity contribution is 5.19. The standard InChI is InChI=1S/C18H29NO/c1-3-18(20,13-16-9-5-4-6-10-16)17(14-19)11-7-8-15(2)12-17/h4-6,9-10,15,20H,3,7-8,11-14,19H2,1-2H3. The Bertz CT molecular complexity index is 419. The minimum atomic E-state index is -0.683. The molecule has 0 aliphatic heterocycles. The molecule has 1 fully saturated rings. The fourth-order valence-corrected chi connectivity index (χ4v) is 4.08. The fourth-order valence-electron chi connectivity index (χ4n) is 4.08. The minimum Gasteiger partial charge on any atom is -0.389 e. The van der Waals surface area contributed by atoms with Crippen LogP contribution in [0.4, 0.5) is 0 Å². The van der Waals surface area contributed by atoms with Crippen molar-refractivity contribution in [1.29, 1.82) is 0 Å². The first-order valence-electron chi connectivity index (χ1n) is 8.01. The SMILES string of the molecule is CCC(O)(Cc1ccccc1)C1(CN)CCCC(C)C1. The smallest absolute Gasteiger partial charge is 0.0753 e. The Morgan fingerprint density at radius 2 is 2.05 bits per heavy atom. The molecule has 1 aliphatic carbocycles. The van der Waals surface area contributed by atoms with E-state index in [4.69, 9.17) is 5.73 Å². The van der Waals surface area contributed by atoms with Gasteiger partial charge < -0.3 is 10.8 Å². The average Bonchev–Trinajstić information content (AvgIpc) is 2.48. The lowest BCUT2D eigenvalue weighted by Crippen LogP contribution is -2.55. The molecule has 1 aromatic rings. The molecule has 0 amide bonds. The Morgan fingerprint density at radius 1 is 1.35 bits per heavy atom. The van der Waals surface area contributed by atoms with E-state index in [1.807, 2.05) is 18.2 Å². The predicted octanol–water partition coefficient (Wildman–Crippen LogP) is 3.53. The van der Waals surface area contributed by atoms with Crippen molar-refractivity contribution >= 4 is 0 Å². The molecule has 2 heteroatoms. The molecule has 3 unspecified atom stereocenters. The highest BCUT2D eigenvalue weighted by Crippen LogP contribution is 2.48. The van der Waals surface area contributed by atoms with E-state index in [2.05, 4.69) is 26.0 Å². The van der Waals surface area contributed by atoms with Crippen molar-refractivity contribution in [2.45, 2.75) is 58.0 Å². The average molecular weight is 275 g/mol. The van der Waals surface area contributed by atoms with E-state index in [0.29, 0.717) is 18.9 Å². The van der Waals surface area contributed by atoms with Crippen LogP contribution in [-0.4, -0.2) is 17.3 Å². The summed E-state index contributed by atoms with van der Waals surface area (Å²) in [5.41, 5.74) is 6.57. The molecule has 0 saturated heterocycles. The number of aliphatic hydroxyl groups is 1. The van der Waals surface area contributed by atoms with Gasteiger partial charge in [0, 0.05) is 18.4 Å². The maximum atomic E-state index is 11.4. The van der Waals surface area contributed by atoms with Gasteiger partial charge in [-0.25, -0.2) is 0 Å². The number of hydrogen-bond donors (Lipinski definition) is 2. The van der Waals surface area contributed by atoms with Gasteiger partial charge in [0.2, 0.25) is 0 Å². The van der Waals surface area contributed by atoms with Gasteiger partial charge in [0.05, 0.1) is 5.60 Å². The summed E-state index contributed by atoms with van der Waals surface area (Å²) in [7, 11) is 0. The van der Waals surface area contributed by atoms with Crippen molar-refractivity contribution in [2.75, 3.05) is 6.54 Å². The fraction of sp³-hybridized carbons (Fsp3) is 0.667. The largest absolute Gasteiger partial charge is 0.389 e. The Labute approximate surface area is 123 Å². The van der Waals surface area contributed by atoms with Gasteiger partial charge in [-0.3, -0.25) is 0 Å². The van der Waals surface area contributed by atoms with Crippen LogP contribution in [0.5, 0.6) is 0 Å². The van der Waals surface area contributed by atoms with Crippen molar-refractivity contribution in [2.24, 2.45) is 17.1 Å². The topological polar surface area (TPSA) is 46.2 Å². The van der Waals surface area contributed by atoms with Crippen LogP contribution >= 0.6 is 0 Å². The number of benzene rings is 1. The first-order valence-corrected chi connectivity index (χ1v) is 8.01. The minimum absolute atomic E-state index is 0.116. The molecule has 112 valence electrons. The number of rotatable bonds is 5. The maximum absolute atomic E-state index is 11.4. The number of nitrogens with two attached hydrogens (primary N) is 1. The molecule has 0 bridgehead atoms. The van der Waals surface area contributed by atoms with Crippen molar-refractivity contribution in [3.05, 3.63) is 35.9 Å². The van der Waals surface area contributed by atoms with Gasteiger partial charge in [-0.15, -0.1) is 0 Å². The Balaban J connectivity index is 2.27. The van der Waals surface area contributed by atoms with Gasteiger partial charge in [0.15, 0.2) is 0 Å². The predicted molar refractivity (Wildman–Crippen MR) is 84.5 cm³/mol. The second-order valence-electron chi connectivity index (χ2n) is 6.73. The summed E-state index contributed by atoms with van der Waals surface area (Å²) in [4.78, 5) is 0. The van der Waals surface area contributed by atoms with Gasteiger partial charge in [-0.05, 0) is 30.7 Å². The molecule has 20 heavy (non-hydrogen) atoms. The lowest BCUT2D eigenvalue weighted by Gasteiger charge is -2.51. The van der Waals surface area contributed by atoms with Crippen molar-refractivity contribution in [3.8, 4) is 0 Å². The van der Waals surface area contributed by atoms with Crippen LogP contribution in [0, 0.1) is 11.3 Å². The van der Waals surface area contributed by atoms with Crippen LogP contribution < -0.4 is 5.73 Å². The molecule has 3 atom stereocenters. The Hall–Kier alpha value is -0.860. The summed E-state index contributed by atoms with van der Waals surface area (Å²) in [6.45, 7) is 4.98. The maximum Gasteiger partial charge on any atom is 0.0753 e. The molecule has 0 heterocycles. The monoisotopic (exact) mass is 275 g/mol. The molecule has 1 saturated carbocycles. The molecular weight excluding hydrogens is 246 g/mol. The first-order chi connectivity index (χ1) is 9.55. The summed E-state index contributed by atoms with van der Waals surface area (Å²) in [6.07, 6.45) is 6.06. The van der Waals surface area contributed by atoms with Crippen LogP contribution in [0.2, 0.25) is 0 Å². The van der Waals surface area contributed by atoms with Crippen LogP contribution in [0.3, 0.4) is 0 Å². The molecule has 1 aliphatic rings. The lowest BCUT2D eigenvalue weighted by atomic mass is 9.58. The van der Waals surface area contributed by atoms with Crippen LogP contribution in [0.1, 0.15) is 51.5 Å². The van der Waals surface area contributed by atoms with Crippen LogP contribution in [0.25, 0.3) is 0 Å². The van der Waals surface area contributed by atoms with Gasteiger partial charge in [-0.1, -0.05) is 57.0 Å². The quantitative estimate of drug-likeness (QED) is 0.863. The lowest BCUT2D eigenvalue weighted by molar-refractivity contribution is -0.109. The molecule has 3 N–H and O–H groups in total. The highest BCUT2D eigenvalue weighted by Gasteiger charge is 2.49. The second-order valence-corrected chi connectivity index (χ2v) is 6.73. The van der Waals surface area contributed by atoms with E-state index in [0.717, 1.165) is 19.3 Å². The van der Waals surface area contributed by atoms with Crippen LogP contribution in [-0.2, 0) is 6.42 Å².